The Morgan fingerprint density at radius 1 is 0.864 bits per heavy atom. The number of aliphatic hydroxyl groups is 1. The zero-order chi connectivity index (χ0) is 30.4. The molecule has 234 valence electrons. The zero-order valence-corrected chi connectivity index (χ0v) is 25.1. The van der Waals surface area contributed by atoms with Gasteiger partial charge in [0.05, 0.1) is 53.2 Å². The van der Waals surface area contributed by atoms with Crippen LogP contribution in [0.5, 0.6) is 40.2 Å². The van der Waals surface area contributed by atoms with Gasteiger partial charge in [-0.15, -0.1) is 0 Å². The van der Waals surface area contributed by atoms with Gasteiger partial charge in [-0.05, 0) is 53.9 Å². The molecule has 2 saturated heterocycles. The van der Waals surface area contributed by atoms with Crippen LogP contribution in [0.4, 0.5) is 0 Å². The summed E-state index contributed by atoms with van der Waals surface area (Å²) in [5.74, 6) is 3.71. The standard InChI is InChI=1S/C33H36O11/c1-35-15-29-20(18-8-9-23-28(11-18)42-17-41-23)10-19-12-27(38-4)21(13-26(19)43-29)30-22-14-39-32(33(22,34)16-40-30)44-31-24(36-2)6-5-7-25(31)37-3/h5-9,11-13,20,22,29-30,32,34H,10,14-17H2,1-4H3/t20-,22-,29-,30-,32-,33-/m1/s1. The Hall–Kier alpha value is -3.90. The second kappa shape index (κ2) is 11.6. The van der Waals surface area contributed by atoms with Crippen LogP contribution in [0.3, 0.4) is 0 Å². The fraction of sp³-hybridized carbons (Fsp3) is 0.455. The molecule has 0 bridgehead atoms. The van der Waals surface area contributed by atoms with Crippen molar-refractivity contribution < 1.29 is 52.5 Å². The van der Waals surface area contributed by atoms with Crippen molar-refractivity contribution >= 4 is 0 Å². The molecule has 7 rings (SSSR count). The maximum absolute atomic E-state index is 11.9. The smallest absolute Gasteiger partial charge is 0.232 e. The van der Waals surface area contributed by atoms with Crippen LogP contribution in [0, 0.1) is 5.92 Å². The first-order valence-electron chi connectivity index (χ1n) is 14.6. The van der Waals surface area contributed by atoms with Crippen molar-refractivity contribution in [3.8, 4) is 40.2 Å². The normalized spacial score (nSPS) is 28.2. The van der Waals surface area contributed by atoms with Gasteiger partial charge in [0.15, 0.2) is 28.6 Å². The van der Waals surface area contributed by atoms with E-state index in [1.807, 2.05) is 30.3 Å². The molecule has 11 heteroatoms. The minimum atomic E-state index is -1.43. The fourth-order valence-electron chi connectivity index (χ4n) is 6.69. The van der Waals surface area contributed by atoms with Crippen molar-refractivity contribution in [3.05, 3.63) is 65.2 Å². The van der Waals surface area contributed by atoms with E-state index in [1.54, 1.807) is 46.6 Å². The average molecular weight is 609 g/mol. The summed E-state index contributed by atoms with van der Waals surface area (Å²) in [4.78, 5) is 0. The molecule has 44 heavy (non-hydrogen) atoms. The van der Waals surface area contributed by atoms with Crippen molar-refractivity contribution in [3.63, 3.8) is 0 Å². The predicted molar refractivity (Wildman–Crippen MR) is 155 cm³/mol. The molecule has 0 radical (unpaired) electrons. The first kappa shape index (κ1) is 28.8. The molecule has 2 fully saturated rings. The molecule has 0 saturated carbocycles. The Balaban J connectivity index is 1.17. The molecule has 1 N–H and O–H groups in total. The maximum Gasteiger partial charge on any atom is 0.232 e. The topological polar surface area (TPSA) is 113 Å². The first-order valence-corrected chi connectivity index (χ1v) is 14.6. The second-order valence-corrected chi connectivity index (χ2v) is 11.3. The number of hydrogen-bond donors (Lipinski definition) is 1. The molecule has 0 spiro atoms. The van der Waals surface area contributed by atoms with Crippen molar-refractivity contribution in [1.29, 1.82) is 0 Å². The highest BCUT2D eigenvalue weighted by Crippen LogP contribution is 2.53. The molecule has 4 aliphatic rings. The third kappa shape index (κ3) is 4.75. The molecule has 0 aromatic heterocycles. The lowest BCUT2D eigenvalue weighted by atomic mass is 9.82. The van der Waals surface area contributed by atoms with E-state index >= 15 is 0 Å². The number of para-hydroxylation sites is 1. The van der Waals surface area contributed by atoms with Crippen molar-refractivity contribution in [2.24, 2.45) is 5.92 Å². The van der Waals surface area contributed by atoms with Gasteiger partial charge in [0.2, 0.25) is 18.8 Å². The number of methoxy groups -OCH3 is 4. The van der Waals surface area contributed by atoms with Gasteiger partial charge in [0, 0.05) is 18.6 Å². The summed E-state index contributed by atoms with van der Waals surface area (Å²) in [5.41, 5.74) is 1.42. The Bertz CT molecular complexity index is 1500. The van der Waals surface area contributed by atoms with Crippen LogP contribution in [0.2, 0.25) is 0 Å². The number of hydrogen-bond acceptors (Lipinski definition) is 11. The van der Waals surface area contributed by atoms with Crippen LogP contribution in [0.25, 0.3) is 0 Å². The number of benzene rings is 3. The average Bonchev–Trinajstić information content (AvgIpc) is 3.74. The van der Waals surface area contributed by atoms with Crippen LogP contribution in [0.15, 0.2) is 48.5 Å². The Labute approximate surface area is 255 Å². The summed E-state index contributed by atoms with van der Waals surface area (Å²) in [6.07, 6.45) is -1.06. The summed E-state index contributed by atoms with van der Waals surface area (Å²) in [7, 11) is 6.39. The lowest BCUT2D eigenvalue weighted by Gasteiger charge is -2.35. The second-order valence-electron chi connectivity index (χ2n) is 11.3. The molecule has 4 aliphatic heterocycles. The van der Waals surface area contributed by atoms with Crippen molar-refractivity contribution in [1.82, 2.24) is 0 Å². The van der Waals surface area contributed by atoms with E-state index in [1.165, 1.54) is 0 Å². The number of ether oxygens (including phenoxy) is 10. The molecule has 3 aromatic rings. The van der Waals surface area contributed by atoms with Gasteiger partial charge in [-0.2, -0.15) is 0 Å². The van der Waals surface area contributed by atoms with Crippen LogP contribution in [0.1, 0.15) is 28.7 Å². The molecular weight excluding hydrogens is 572 g/mol. The van der Waals surface area contributed by atoms with E-state index in [2.05, 4.69) is 0 Å². The van der Waals surface area contributed by atoms with E-state index in [4.69, 9.17) is 47.4 Å². The summed E-state index contributed by atoms with van der Waals surface area (Å²) < 4.78 is 58.6. The van der Waals surface area contributed by atoms with Gasteiger partial charge in [0.1, 0.15) is 17.6 Å². The quantitative estimate of drug-likeness (QED) is 0.380. The lowest BCUT2D eigenvalue weighted by Crippen LogP contribution is -2.47. The summed E-state index contributed by atoms with van der Waals surface area (Å²) in [6.45, 7) is 0.838. The first-order chi connectivity index (χ1) is 21.5. The Morgan fingerprint density at radius 2 is 1.64 bits per heavy atom. The monoisotopic (exact) mass is 608 g/mol. The highest BCUT2D eigenvalue weighted by atomic mass is 16.7. The Morgan fingerprint density at radius 3 is 2.39 bits per heavy atom. The van der Waals surface area contributed by atoms with Crippen LogP contribution >= 0.6 is 0 Å². The molecule has 3 aromatic carbocycles. The van der Waals surface area contributed by atoms with Gasteiger partial charge in [-0.1, -0.05) is 12.1 Å². The Kier molecular flexibility index (Phi) is 7.57. The molecule has 0 amide bonds. The van der Waals surface area contributed by atoms with Crippen LogP contribution in [-0.2, 0) is 20.6 Å². The molecule has 6 atom stereocenters. The number of fused-ring (bicyclic) bond motifs is 3. The van der Waals surface area contributed by atoms with Gasteiger partial charge in [-0.25, -0.2) is 0 Å². The van der Waals surface area contributed by atoms with E-state index in [-0.39, 0.29) is 32.0 Å². The largest absolute Gasteiger partial charge is 0.496 e. The highest BCUT2D eigenvalue weighted by molar-refractivity contribution is 5.53. The van der Waals surface area contributed by atoms with E-state index in [0.29, 0.717) is 36.0 Å². The molecule has 11 nitrogen and oxygen atoms in total. The third-order valence-electron chi connectivity index (χ3n) is 8.99. The molecule has 0 aliphatic carbocycles. The maximum atomic E-state index is 11.9. The fourth-order valence-corrected chi connectivity index (χ4v) is 6.69. The SMILES string of the molecule is COC[C@H]1Oc2cc([C@H]3OC[C@]4(O)[C@@H](Oc5c(OC)cccc5OC)OC[C@H]34)c(OC)cc2C[C@@H]1c1ccc2c(c1)OCO2. The van der Waals surface area contributed by atoms with Crippen LogP contribution in [-0.4, -0.2) is 78.2 Å². The van der Waals surface area contributed by atoms with Gasteiger partial charge in [-0.3, -0.25) is 0 Å². The lowest BCUT2D eigenvalue weighted by molar-refractivity contribution is -0.153. The minimum Gasteiger partial charge on any atom is -0.496 e. The molecule has 4 heterocycles. The predicted octanol–water partition coefficient (Wildman–Crippen LogP) is 4.03. The van der Waals surface area contributed by atoms with E-state index in [0.717, 1.165) is 33.9 Å². The molecular formula is C33H36O11. The summed E-state index contributed by atoms with van der Waals surface area (Å²) in [5, 5.41) is 11.9. The van der Waals surface area contributed by atoms with Gasteiger partial charge >= 0.3 is 0 Å². The van der Waals surface area contributed by atoms with Gasteiger partial charge < -0.3 is 52.5 Å². The third-order valence-corrected chi connectivity index (χ3v) is 8.99. The van der Waals surface area contributed by atoms with Crippen molar-refractivity contribution in [2.45, 2.75) is 36.4 Å². The zero-order valence-electron chi connectivity index (χ0n) is 25.1. The molecule has 0 unspecified atom stereocenters. The highest BCUT2D eigenvalue weighted by Gasteiger charge is 2.61. The van der Waals surface area contributed by atoms with Gasteiger partial charge in [0.25, 0.3) is 0 Å². The van der Waals surface area contributed by atoms with E-state index < -0.39 is 23.9 Å². The van der Waals surface area contributed by atoms with Crippen LogP contribution < -0.4 is 33.2 Å². The number of rotatable bonds is 9. The summed E-state index contributed by atoms with van der Waals surface area (Å²) in [6, 6.07) is 15.3. The van der Waals surface area contributed by atoms with Crippen molar-refractivity contribution in [2.75, 3.05) is 55.1 Å². The van der Waals surface area contributed by atoms with E-state index in [9.17, 15) is 5.11 Å². The summed E-state index contributed by atoms with van der Waals surface area (Å²) >= 11 is 0. The minimum absolute atomic E-state index is 0.00402.